The first kappa shape index (κ1) is 23.6. The fourth-order valence-corrected chi connectivity index (χ4v) is 4.62. The number of aromatic nitrogens is 2. The smallest absolute Gasteiger partial charge is 0.229 e. The topological polar surface area (TPSA) is 99.7 Å². The summed E-state index contributed by atoms with van der Waals surface area (Å²) in [6.45, 7) is 4.36. The van der Waals surface area contributed by atoms with Crippen LogP contribution in [-0.2, 0) is 9.59 Å². The Kier molecular flexibility index (Phi) is 6.71. The van der Waals surface area contributed by atoms with Crippen molar-refractivity contribution in [2.24, 2.45) is 5.92 Å². The molecule has 2 aromatic carbocycles. The van der Waals surface area contributed by atoms with Crippen LogP contribution in [-0.4, -0.2) is 48.5 Å². The third kappa shape index (κ3) is 5.25. The van der Waals surface area contributed by atoms with Gasteiger partial charge in [-0.25, -0.2) is 4.98 Å². The molecular formula is C27H30N6O3. The molecule has 5 rings (SSSR count). The average molecular weight is 487 g/mol. The van der Waals surface area contributed by atoms with Crippen molar-refractivity contribution < 1.29 is 14.3 Å². The average Bonchev–Trinajstić information content (AvgIpc) is 3.55. The molecular weight excluding hydrogens is 456 g/mol. The first-order valence-corrected chi connectivity index (χ1v) is 12.2. The van der Waals surface area contributed by atoms with Gasteiger partial charge >= 0.3 is 0 Å². The lowest BCUT2D eigenvalue weighted by atomic mass is 10.1. The fourth-order valence-electron chi connectivity index (χ4n) is 4.62. The van der Waals surface area contributed by atoms with Gasteiger partial charge in [0.25, 0.3) is 0 Å². The van der Waals surface area contributed by atoms with Crippen molar-refractivity contribution in [1.82, 2.24) is 9.97 Å². The number of methoxy groups -OCH3 is 1. The van der Waals surface area contributed by atoms with Crippen molar-refractivity contribution in [2.45, 2.75) is 26.2 Å². The molecule has 3 aromatic rings. The van der Waals surface area contributed by atoms with Gasteiger partial charge in [-0.05, 0) is 68.3 Å². The van der Waals surface area contributed by atoms with Gasteiger partial charge in [0, 0.05) is 54.9 Å². The molecule has 186 valence electrons. The Balaban J connectivity index is 1.19. The summed E-state index contributed by atoms with van der Waals surface area (Å²) in [6, 6.07) is 16.7. The first-order chi connectivity index (χ1) is 17.5. The summed E-state index contributed by atoms with van der Waals surface area (Å²) in [7, 11) is 1.60. The van der Waals surface area contributed by atoms with Crippen molar-refractivity contribution in [3.8, 4) is 5.75 Å². The number of nitrogens with zero attached hydrogens (tertiary/aromatic N) is 4. The SMILES string of the molecule is COc1ccc(N2C[C@@H](C(=O)Nc3ccc(Nc4nc(C)cc(N5CCCC5)n4)cc3)CC2=O)cc1. The van der Waals surface area contributed by atoms with Gasteiger partial charge < -0.3 is 25.2 Å². The number of amides is 2. The quantitative estimate of drug-likeness (QED) is 0.518. The lowest BCUT2D eigenvalue weighted by Crippen LogP contribution is -2.28. The van der Waals surface area contributed by atoms with Gasteiger partial charge in [0.15, 0.2) is 0 Å². The van der Waals surface area contributed by atoms with E-state index in [9.17, 15) is 9.59 Å². The van der Waals surface area contributed by atoms with Gasteiger partial charge in [0.1, 0.15) is 11.6 Å². The normalized spacial score (nSPS) is 17.4. The molecule has 0 spiro atoms. The van der Waals surface area contributed by atoms with E-state index >= 15 is 0 Å². The lowest BCUT2D eigenvalue weighted by molar-refractivity contribution is -0.122. The van der Waals surface area contributed by atoms with E-state index in [1.54, 1.807) is 24.1 Å². The molecule has 0 aliphatic carbocycles. The number of aryl methyl sites for hydroxylation is 1. The minimum Gasteiger partial charge on any atom is -0.497 e. The van der Waals surface area contributed by atoms with E-state index < -0.39 is 5.92 Å². The maximum atomic E-state index is 12.9. The van der Waals surface area contributed by atoms with E-state index in [0.29, 0.717) is 18.2 Å². The molecule has 0 unspecified atom stereocenters. The van der Waals surface area contributed by atoms with Crippen LogP contribution in [0.5, 0.6) is 5.75 Å². The van der Waals surface area contributed by atoms with Crippen LogP contribution in [0.3, 0.4) is 0 Å². The molecule has 2 amide bonds. The number of hydrogen-bond donors (Lipinski definition) is 2. The molecule has 2 fully saturated rings. The minimum atomic E-state index is -0.415. The van der Waals surface area contributed by atoms with Crippen LogP contribution in [0.2, 0.25) is 0 Å². The monoisotopic (exact) mass is 486 g/mol. The summed E-state index contributed by atoms with van der Waals surface area (Å²) >= 11 is 0. The molecule has 36 heavy (non-hydrogen) atoms. The number of ether oxygens (including phenoxy) is 1. The van der Waals surface area contributed by atoms with Gasteiger partial charge in [-0.1, -0.05) is 0 Å². The summed E-state index contributed by atoms with van der Waals surface area (Å²) in [5.41, 5.74) is 3.17. The maximum Gasteiger partial charge on any atom is 0.229 e. The van der Waals surface area contributed by atoms with Crippen LogP contribution < -0.4 is 25.2 Å². The predicted molar refractivity (Wildman–Crippen MR) is 140 cm³/mol. The van der Waals surface area contributed by atoms with E-state index in [1.807, 2.05) is 49.4 Å². The zero-order valence-corrected chi connectivity index (χ0v) is 20.5. The van der Waals surface area contributed by atoms with E-state index in [4.69, 9.17) is 4.74 Å². The van der Waals surface area contributed by atoms with Crippen LogP contribution in [0.1, 0.15) is 25.0 Å². The molecule has 3 heterocycles. The summed E-state index contributed by atoms with van der Waals surface area (Å²) in [4.78, 5) is 38.5. The largest absolute Gasteiger partial charge is 0.497 e. The molecule has 1 atom stereocenters. The molecule has 2 saturated heterocycles. The van der Waals surface area contributed by atoms with E-state index in [1.165, 1.54) is 12.8 Å². The Morgan fingerprint density at radius 3 is 2.39 bits per heavy atom. The predicted octanol–water partition coefficient (Wildman–Crippen LogP) is 4.13. The number of nitrogens with one attached hydrogen (secondary N) is 2. The fraction of sp³-hybridized carbons (Fsp3) is 0.333. The minimum absolute atomic E-state index is 0.0636. The molecule has 2 aliphatic rings. The summed E-state index contributed by atoms with van der Waals surface area (Å²) in [6.07, 6.45) is 2.56. The Morgan fingerprint density at radius 2 is 1.69 bits per heavy atom. The van der Waals surface area contributed by atoms with Crippen molar-refractivity contribution in [1.29, 1.82) is 0 Å². The Bertz CT molecular complexity index is 1240. The standard InChI is InChI=1S/C27H30N6O3/c1-18-15-24(32-13-3-4-14-32)31-27(28-18)30-21-7-5-20(6-8-21)29-26(35)19-16-25(34)33(17-19)22-9-11-23(36-2)12-10-22/h5-12,15,19H,3-4,13-14,16-17H2,1-2H3,(H,29,35)(H,28,30,31)/t19-/m0/s1. The van der Waals surface area contributed by atoms with E-state index in [2.05, 4.69) is 25.5 Å². The van der Waals surface area contributed by atoms with Gasteiger partial charge in [-0.2, -0.15) is 4.98 Å². The van der Waals surface area contributed by atoms with Crippen molar-refractivity contribution >= 4 is 40.6 Å². The highest BCUT2D eigenvalue weighted by atomic mass is 16.5. The second-order valence-corrected chi connectivity index (χ2v) is 9.18. The summed E-state index contributed by atoms with van der Waals surface area (Å²) in [5, 5.41) is 6.20. The highest BCUT2D eigenvalue weighted by molar-refractivity contribution is 6.03. The molecule has 0 saturated carbocycles. The molecule has 2 N–H and O–H groups in total. The molecule has 0 radical (unpaired) electrons. The Morgan fingerprint density at radius 1 is 1.00 bits per heavy atom. The highest BCUT2D eigenvalue weighted by Gasteiger charge is 2.35. The number of carbonyl (C=O) groups excluding carboxylic acids is 2. The zero-order valence-electron chi connectivity index (χ0n) is 20.5. The van der Waals surface area contributed by atoms with Crippen LogP contribution >= 0.6 is 0 Å². The van der Waals surface area contributed by atoms with Crippen LogP contribution in [0, 0.1) is 12.8 Å². The van der Waals surface area contributed by atoms with Gasteiger partial charge in [0.2, 0.25) is 17.8 Å². The highest BCUT2D eigenvalue weighted by Crippen LogP contribution is 2.28. The maximum absolute atomic E-state index is 12.9. The Hall–Kier alpha value is -4.14. The molecule has 9 heteroatoms. The molecule has 0 bridgehead atoms. The van der Waals surface area contributed by atoms with E-state index in [0.717, 1.165) is 41.7 Å². The van der Waals surface area contributed by atoms with Crippen LogP contribution in [0.25, 0.3) is 0 Å². The van der Waals surface area contributed by atoms with Crippen molar-refractivity contribution in [2.75, 3.05) is 47.2 Å². The number of anilines is 5. The zero-order chi connectivity index (χ0) is 25.1. The van der Waals surface area contributed by atoms with E-state index in [-0.39, 0.29) is 18.2 Å². The third-order valence-electron chi connectivity index (χ3n) is 6.56. The molecule has 9 nitrogen and oxygen atoms in total. The van der Waals surface area contributed by atoms with Crippen molar-refractivity contribution in [3.63, 3.8) is 0 Å². The number of rotatable bonds is 7. The molecule has 2 aliphatic heterocycles. The van der Waals surface area contributed by atoms with Gasteiger partial charge in [0.05, 0.1) is 13.0 Å². The number of carbonyl (C=O) groups is 2. The number of benzene rings is 2. The van der Waals surface area contributed by atoms with Crippen LogP contribution in [0.15, 0.2) is 54.6 Å². The second kappa shape index (κ2) is 10.2. The number of hydrogen-bond acceptors (Lipinski definition) is 7. The third-order valence-corrected chi connectivity index (χ3v) is 6.56. The first-order valence-electron chi connectivity index (χ1n) is 12.2. The van der Waals surface area contributed by atoms with Gasteiger partial charge in [-0.3, -0.25) is 9.59 Å². The summed E-state index contributed by atoms with van der Waals surface area (Å²) in [5.74, 6) is 1.57. The molecule has 1 aromatic heterocycles. The van der Waals surface area contributed by atoms with Crippen molar-refractivity contribution in [3.05, 3.63) is 60.3 Å². The Labute approximate surface area is 210 Å². The summed E-state index contributed by atoms with van der Waals surface area (Å²) < 4.78 is 5.18. The lowest BCUT2D eigenvalue weighted by Gasteiger charge is -2.18. The van der Waals surface area contributed by atoms with Gasteiger partial charge in [-0.15, -0.1) is 0 Å². The second-order valence-electron chi connectivity index (χ2n) is 9.18. The van der Waals surface area contributed by atoms with Crippen LogP contribution in [0.4, 0.5) is 28.8 Å².